The van der Waals surface area contributed by atoms with Crippen LogP contribution in [0.25, 0.3) is 15.7 Å². The third-order valence-corrected chi connectivity index (χ3v) is 6.54. The largest absolute Gasteiger partial charge is 0.496 e. The van der Waals surface area contributed by atoms with Crippen LogP contribution in [0.2, 0.25) is 0 Å². The first-order valence-electron chi connectivity index (χ1n) is 9.26. The van der Waals surface area contributed by atoms with Crippen molar-refractivity contribution in [2.75, 3.05) is 12.0 Å². The van der Waals surface area contributed by atoms with Crippen molar-refractivity contribution in [3.63, 3.8) is 0 Å². The molecule has 0 radical (unpaired) electrons. The zero-order chi connectivity index (χ0) is 20.8. The smallest absolute Gasteiger partial charge is 0.329 e. The number of nitrogens with one attached hydrogen (secondary N) is 1. The van der Waals surface area contributed by atoms with Crippen molar-refractivity contribution in [2.45, 2.75) is 11.3 Å². The predicted molar refractivity (Wildman–Crippen MR) is 114 cm³/mol. The number of thioether (sulfide) groups is 1. The van der Waals surface area contributed by atoms with E-state index in [1.807, 2.05) is 30.3 Å². The normalized spacial score (nSPS) is 20.7. The number of rotatable bonds is 3. The van der Waals surface area contributed by atoms with Crippen LogP contribution < -0.4 is 15.0 Å². The number of imide groups is 1. The fraction of sp³-hybridized carbons (Fsp3) is 0.136. The van der Waals surface area contributed by atoms with Gasteiger partial charge >= 0.3 is 6.03 Å². The summed E-state index contributed by atoms with van der Waals surface area (Å²) in [4.78, 5) is 32.3. The van der Waals surface area contributed by atoms with Crippen LogP contribution in [0.1, 0.15) is 5.56 Å². The number of carbonyl (C=O) groups excluding carboxylic acids is 2. The zero-order valence-electron chi connectivity index (χ0n) is 15.8. The van der Waals surface area contributed by atoms with Gasteiger partial charge in [-0.25, -0.2) is 14.1 Å². The Morgan fingerprint density at radius 2 is 2.00 bits per heavy atom. The molecule has 1 saturated heterocycles. The topological polar surface area (TPSA) is 71.5 Å². The summed E-state index contributed by atoms with van der Waals surface area (Å²) >= 11 is 1.33. The minimum atomic E-state index is -0.536. The van der Waals surface area contributed by atoms with Gasteiger partial charge < -0.3 is 10.1 Å². The van der Waals surface area contributed by atoms with Gasteiger partial charge in [-0.15, -0.1) is 11.8 Å². The van der Waals surface area contributed by atoms with Gasteiger partial charge in [0.05, 0.1) is 25.0 Å². The van der Waals surface area contributed by atoms with Crippen LogP contribution in [0.3, 0.4) is 0 Å². The van der Waals surface area contributed by atoms with Gasteiger partial charge in [-0.1, -0.05) is 24.3 Å². The molecule has 0 bridgehead atoms. The lowest BCUT2D eigenvalue weighted by atomic mass is 10.1. The van der Waals surface area contributed by atoms with E-state index in [1.54, 1.807) is 12.3 Å². The van der Waals surface area contributed by atoms with E-state index >= 15 is 0 Å². The average molecular weight is 421 g/mol. The summed E-state index contributed by atoms with van der Waals surface area (Å²) in [5, 5.41) is 3.97. The lowest BCUT2D eigenvalue weighted by molar-refractivity contribution is -0.118. The van der Waals surface area contributed by atoms with Crippen LogP contribution in [0.15, 0.2) is 60.9 Å². The van der Waals surface area contributed by atoms with Crippen LogP contribution in [-0.2, 0) is 4.79 Å². The first-order valence-corrected chi connectivity index (χ1v) is 10.1. The average Bonchev–Trinajstić information content (AvgIpc) is 3.17. The molecule has 1 fully saturated rings. The van der Waals surface area contributed by atoms with Gasteiger partial charge in [0.2, 0.25) is 0 Å². The first-order chi connectivity index (χ1) is 14.6. The fourth-order valence-electron chi connectivity index (χ4n) is 3.78. The molecule has 5 rings (SSSR count). The quantitative estimate of drug-likeness (QED) is 0.693. The number of hydrogen-bond donors (Lipinski definition) is 1. The lowest BCUT2D eigenvalue weighted by Gasteiger charge is -2.33. The van der Waals surface area contributed by atoms with Gasteiger partial charge in [0, 0.05) is 33.5 Å². The molecule has 0 saturated carbocycles. The highest BCUT2D eigenvalue weighted by atomic mass is 32.2. The summed E-state index contributed by atoms with van der Waals surface area (Å²) < 4.78 is 18.9. The summed E-state index contributed by atoms with van der Waals surface area (Å²) in [5.74, 6) is -0.351. The maximum Gasteiger partial charge on any atom is 0.329 e. The van der Waals surface area contributed by atoms with Gasteiger partial charge in [-0.05, 0) is 18.2 Å². The number of nitrogens with zero attached hydrogens (tertiary/aromatic N) is 2. The Balaban J connectivity index is 1.50. The highest BCUT2D eigenvalue weighted by Crippen LogP contribution is 2.45. The number of pyridine rings is 1. The minimum Gasteiger partial charge on any atom is -0.496 e. The molecule has 8 heteroatoms. The number of ether oxygens (including phenoxy) is 1. The van der Waals surface area contributed by atoms with E-state index in [4.69, 9.17) is 4.74 Å². The van der Waals surface area contributed by atoms with E-state index in [2.05, 4.69) is 10.3 Å². The van der Waals surface area contributed by atoms with Gasteiger partial charge in [0.25, 0.3) is 5.91 Å². The number of aromatic nitrogens is 1. The molecular weight excluding hydrogens is 405 g/mol. The van der Waals surface area contributed by atoms with Gasteiger partial charge in [0.1, 0.15) is 16.8 Å². The number of urea groups is 1. The number of carbonyl (C=O) groups is 2. The second kappa shape index (κ2) is 7.14. The number of halogens is 1. The van der Waals surface area contributed by atoms with Gasteiger partial charge in [-0.3, -0.25) is 9.78 Å². The van der Waals surface area contributed by atoms with Crippen LogP contribution in [0, 0.1) is 5.82 Å². The zero-order valence-corrected chi connectivity index (χ0v) is 16.7. The molecular formula is C22H16FN3O3S. The van der Waals surface area contributed by atoms with Crippen molar-refractivity contribution in [1.29, 1.82) is 0 Å². The van der Waals surface area contributed by atoms with Gasteiger partial charge in [0.15, 0.2) is 0 Å². The van der Waals surface area contributed by atoms with Crippen LogP contribution >= 0.6 is 11.8 Å². The summed E-state index contributed by atoms with van der Waals surface area (Å²) in [7, 11) is 1.47. The molecule has 6 nitrogen and oxygen atoms in total. The maximum atomic E-state index is 13.6. The number of fused-ring (bicyclic) bond motifs is 2. The van der Waals surface area contributed by atoms with Crippen molar-refractivity contribution in [3.05, 3.63) is 72.3 Å². The van der Waals surface area contributed by atoms with E-state index in [0.29, 0.717) is 17.0 Å². The molecule has 2 atom stereocenters. The van der Waals surface area contributed by atoms with E-state index in [-0.39, 0.29) is 5.91 Å². The Kier molecular flexibility index (Phi) is 4.43. The molecule has 3 heterocycles. The predicted octanol–water partition coefficient (Wildman–Crippen LogP) is 3.96. The van der Waals surface area contributed by atoms with E-state index in [1.165, 1.54) is 37.2 Å². The Labute approximate surface area is 175 Å². The van der Waals surface area contributed by atoms with Crippen LogP contribution in [-0.4, -0.2) is 35.3 Å². The Hall–Kier alpha value is -3.39. The van der Waals surface area contributed by atoms with E-state index in [0.717, 1.165) is 20.6 Å². The molecule has 3 aromatic rings. The fourth-order valence-corrected chi connectivity index (χ4v) is 5.08. The highest BCUT2D eigenvalue weighted by molar-refractivity contribution is 8.09. The molecule has 2 aromatic carbocycles. The molecule has 1 N–H and O–H groups in total. The number of hydrogen-bond acceptors (Lipinski definition) is 5. The standard InChI is InChI=1S/C22H16FN3O3S/c1-29-18-8-13(23)6-7-15(18)19-9-16-20(30-19)21(27)26(22(28)25-16)17-11-24-10-12-4-2-3-5-14(12)17/h2-11,16,20H,1H3,(H,25,28). The molecule has 0 aliphatic carbocycles. The van der Waals surface area contributed by atoms with E-state index < -0.39 is 23.1 Å². The number of amides is 3. The monoisotopic (exact) mass is 421 g/mol. The molecule has 1 aromatic heterocycles. The second-order valence-corrected chi connectivity index (χ2v) is 8.13. The Bertz CT molecular complexity index is 1220. The third-order valence-electron chi connectivity index (χ3n) is 5.19. The molecule has 2 aliphatic rings. The van der Waals surface area contributed by atoms with Crippen molar-refractivity contribution >= 4 is 45.1 Å². The van der Waals surface area contributed by atoms with Gasteiger partial charge in [-0.2, -0.15) is 0 Å². The molecule has 3 amide bonds. The SMILES string of the molecule is COc1cc(F)ccc1C1=CC2NC(=O)N(c3cncc4ccccc34)C(=O)C2S1. The molecule has 150 valence electrons. The number of benzene rings is 2. The molecule has 0 spiro atoms. The van der Waals surface area contributed by atoms with Crippen LogP contribution in [0.4, 0.5) is 14.9 Å². The second-order valence-electron chi connectivity index (χ2n) is 6.94. The maximum absolute atomic E-state index is 13.6. The van der Waals surface area contributed by atoms with E-state index in [9.17, 15) is 14.0 Å². The molecule has 30 heavy (non-hydrogen) atoms. The van der Waals surface area contributed by atoms with Crippen LogP contribution in [0.5, 0.6) is 5.75 Å². The Morgan fingerprint density at radius 3 is 2.83 bits per heavy atom. The van der Waals surface area contributed by atoms with Crippen molar-refractivity contribution < 1.29 is 18.7 Å². The first kappa shape index (κ1) is 18.6. The minimum absolute atomic E-state index is 0.320. The molecule has 2 aliphatic heterocycles. The highest BCUT2D eigenvalue weighted by Gasteiger charge is 2.45. The Morgan fingerprint density at radius 1 is 1.17 bits per heavy atom. The summed E-state index contributed by atoms with van der Waals surface area (Å²) in [6.07, 6.45) is 5.04. The summed E-state index contributed by atoms with van der Waals surface area (Å²) in [6, 6.07) is 10.8. The third kappa shape index (κ3) is 2.91. The van der Waals surface area contributed by atoms with Crippen molar-refractivity contribution in [3.8, 4) is 5.75 Å². The molecule has 2 unspecified atom stereocenters. The van der Waals surface area contributed by atoms with Crippen molar-refractivity contribution in [1.82, 2.24) is 10.3 Å². The summed E-state index contributed by atoms with van der Waals surface area (Å²) in [5.41, 5.74) is 1.13. The number of anilines is 1. The lowest BCUT2D eigenvalue weighted by Crippen LogP contribution is -2.60. The number of methoxy groups -OCH3 is 1. The summed E-state index contributed by atoms with van der Waals surface area (Å²) in [6.45, 7) is 0. The van der Waals surface area contributed by atoms with Crippen molar-refractivity contribution in [2.24, 2.45) is 0 Å².